The van der Waals surface area contributed by atoms with E-state index >= 15 is 0 Å². The van der Waals surface area contributed by atoms with Crippen molar-refractivity contribution < 1.29 is 4.79 Å². The molecule has 7 heteroatoms. The largest absolute Gasteiger partial charge is 0.370 e. The van der Waals surface area contributed by atoms with Crippen molar-refractivity contribution in [2.75, 3.05) is 44.2 Å². The van der Waals surface area contributed by atoms with Crippen molar-refractivity contribution in [3.8, 4) is 0 Å². The van der Waals surface area contributed by atoms with Crippen molar-refractivity contribution in [1.29, 1.82) is 0 Å². The standard InChI is InChI=1S/C18H29N5O2/c1-21-18(25)11-16(13-20-21)23-10-6-15(14-23)12-19-17(24)5-4-9-22-7-2-3-8-22/h11,13,15H,2-10,12,14H2,1H3,(H,19,24)/t15-/m0/s1. The van der Waals surface area contributed by atoms with Gasteiger partial charge in [-0.25, -0.2) is 4.68 Å². The average molecular weight is 347 g/mol. The van der Waals surface area contributed by atoms with Gasteiger partial charge in [-0.2, -0.15) is 5.10 Å². The van der Waals surface area contributed by atoms with E-state index in [9.17, 15) is 9.59 Å². The van der Waals surface area contributed by atoms with Crippen LogP contribution in [0.5, 0.6) is 0 Å². The molecule has 3 heterocycles. The van der Waals surface area contributed by atoms with E-state index in [1.807, 2.05) is 0 Å². The van der Waals surface area contributed by atoms with Crippen molar-refractivity contribution in [3.63, 3.8) is 0 Å². The summed E-state index contributed by atoms with van der Waals surface area (Å²) in [6.45, 7) is 5.92. The highest BCUT2D eigenvalue weighted by Gasteiger charge is 2.23. The van der Waals surface area contributed by atoms with Gasteiger partial charge in [0.1, 0.15) is 0 Å². The Morgan fingerprint density at radius 3 is 2.88 bits per heavy atom. The molecule has 0 aliphatic carbocycles. The molecule has 2 aliphatic heterocycles. The number of aromatic nitrogens is 2. The van der Waals surface area contributed by atoms with E-state index in [2.05, 4.69) is 20.2 Å². The van der Waals surface area contributed by atoms with Crippen LogP contribution in [0.25, 0.3) is 0 Å². The molecule has 0 unspecified atom stereocenters. The molecule has 1 amide bonds. The summed E-state index contributed by atoms with van der Waals surface area (Å²) in [4.78, 5) is 28.3. The number of carbonyl (C=O) groups is 1. The molecule has 2 saturated heterocycles. The molecular weight excluding hydrogens is 318 g/mol. The molecule has 7 nitrogen and oxygen atoms in total. The zero-order valence-electron chi connectivity index (χ0n) is 15.1. The maximum absolute atomic E-state index is 12.0. The van der Waals surface area contributed by atoms with Crippen LogP contribution in [0, 0.1) is 5.92 Å². The van der Waals surface area contributed by atoms with Gasteiger partial charge >= 0.3 is 0 Å². The van der Waals surface area contributed by atoms with Gasteiger partial charge in [-0.05, 0) is 51.2 Å². The van der Waals surface area contributed by atoms with Crippen molar-refractivity contribution in [2.45, 2.75) is 32.1 Å². The summed E-state index contributed by atoms with van der Waals surface area (Å²) in [6, 6.07) is 1.63. The van der Waals surface area contributed by atoms with E-state index in [1.165, 1.54) is 30.6 Å². The Morgan fingerprint density at radius 1 is 1.32 bits per heavy atom. The molecule has 1 atom stereocenters. The molecule has 2 aliphatic rings. The normalized spacial score (nSPS) is 21.0. The quantitative estimate of drug-likeness (QED) is 0.782. The van der Waals surface area contributed by atoms with Crippen LogP contribution in [-0.2, 0) is 11.8 Å². The van der Waals surface area contributed by atoms with Crippen LogP contribution in [0.15, 0.2) is 17.1 Å². The molecular formula is C18H29N5O2. The van der Waals surface area contributed by atoms with Gasteiger partial charge in [-0.1, -0.05) is 0 Å². The van der Waals surface area contributed by atoms with E-state index < -0.39 is 0 Å². The van der Waals surface area contributed by atoms with Crippen molar-refractivity contribution in [3.05, 3.63) is 22.6 Å². The number of aryl methyl sites for hydroxylation is 1. The summed E-state index contributed by atoms with van der Waals surface area (Å²) >= 11 is 0. The number of nitrogens with one attached hydrogen (secondary N) is 1. The first-order valence-corrected chi connectivity index (χ1v) is 9.39. The zero-order valence-corrected chi connectivity index (χ0v) is 15.1. The predicted molar refractivity (Wildman–Crippen MR) is 97.7 cm³/mol. The van der Waals surface area contributed by atoms with E-state index in [1.54, 1.807) is 19.3 Å². The molecule has 0 saturated carbocycles. The molecule has 1 N–H and O–H groups in total. The fourth-order valence-corrected chi connectivity index (χ4v) is 3.68. The van der Waals surface area contributed by atoms with Gasteiger partial charge in [-0.3, -0.25) is 9.59 Å². The number of hydrogen-bond donors (Lipinski definition) is 1. The van der Waals surface area contributed by atoms with Gasteiger partial charge < -0.3 is 15.1 Å². The Balaban J connectivity index is 1.35. The molecule has 2 fully saturated rings. The second-order valence-corrected chi connectivity index (χ2v) is 7.23. The highest BCUT2D eigenvalue weighted by atomic mass is 16.1. The Labute approximate surface area is 149 Å². The maximum Gasteiger partial charge on any atom is 0.268 e. The molecule has 1 aromatic heterocycles. The maximum atomic E-state index is 12.0. The monoisotopic (exact) mass is 347 g/mol. The molecule has 1 aromatic rings. The minimum Gasteiger partial charge on any atom is -0.370 e. The SMILES string of the molecule is Cn1ncc(N2CC[C@@H](CNC(=O)CCCN3CCCC3)C2)cc1=O. The van der Waals surface area contributed by atoms with Crippen LogP contribution in [0.1, 0.15) is 32.1 Å². The predicted octanol–water partition coefficient (Wildman–Crippen LogP) is 0.599. The highest BCUT2D eigenvalue weighted by Crippen LogP contribution is 2.21. The van der Waals surface area contributed by atoms with Gasteiger partial charge in [0.05, 0.1) is 11.9 Å². The van der Waals surface area contributed by atoms with Crippen LogP contribution in [-0.4, -0.2) is 59.9 Å². The zero-order chi connectivity index (χ0) is 17.6. The topological polar surface area (TPSA) is 70.5 Å². The van der Waals surface area contributed by atoms with E-state index in [0.29, 0.717) is 12.3 Å². The number of carbonyl (C=O) groups excluding carboxylic acids is 1. The Bertz CT molecular complexity index is 639. The Morgan fingerprint density at radius 2 is 2.12 bits per heavy atom. The minimum atomic E-state index is -0.0905. The fraction of sp³-hybridized carbons (Fsp3) is 0.722. The summed E-state index contributed by atoms with van der Waals surface area (Å²) in [6.07, 6.45) is 6.93. The molecule has 0 bridgehead atoms. The highest BCUT2D eigenvalue weighted by molar-refractivity contribution is 5.75. The summed E-state index contributed by atoms with van der Waals surface area (Å²) < 4.78 is 1.33. The van der Waals surface area contributed by atoms with E-state index in [0.717, 1.165) is 44.7 Å². The number of nitrogens with zero attached hydrogens (tertiary/aromatic N) is 4. The van der Waals surface area contributed by atoms with Crippen LogP contribution < -0.4 is 15.8 Å². The van der Waals surface area contributed by atoms with Crippen LogP contribution in [0.3, 0.4) is 0 Å². The van der Waals surface area contributed by atoms with Gasteiger partial charge in [-0.15, -0.1) is 0 Å². The lowest BCUT2D eigenvalue weighted by molar-refractivity contribution is -0.121. The van der Waals surface area contributed by atoms with Gasteiger partial charge in [0.2, 0.25) is 5.91 Å². The van der Waals surface area contributed by atoms with Crippen molar-refractivity contribution >= 4 is 11.6 Å². The average Bonchev–Trinajstić information content (AvgIpc) is 3.27. The number of amides is 1. The van der Waals surface area contributed by atoms with Crippen molar-refractivity contribution in [2.24, 2.45) is 13.0 Å². The van der Waals surface area contributed by atoms with Crippen LogP contribution in [0.4, 0.5) is 5.69 Å². The lowest BCUT2D eigenvalue weighted by atomic mass is 10.1. The second kappa shape index (κ2) is 8.47. The first-order valence-electron chi connectivity index (χ1n) is 9.39. The summed E-state index contributed by atoms with van der Waals surface area (Å²) in [7, 11) is 1.65. The number of hydrogen-bond acceptors (Lipinski definition) is 5. The Hall–Kier alpha value is -1.89. The van der Waals surface area contributed by atoms with Gasteiger partial charge in [0, 0.05) is 39.2 Å². The van der Waals surface area contributed by atoms with Gasteiger partial charge in [0.15, 0.2) is 0 Å². The summed E-state index contributed by atoms with van der Waals surface area (Å²) in [5.41, 5.74) is 0.787. The van der Waals surface area contributed by atoms with Gasteiger partial charge in [0.25, 0.3) is 5.56 Å². The number of rotatable bonds is 7. The van der Waals surface area contributed by atoms with Crippen LogP contribution >= 0.6 is 0 Å². The Kier molecular flexibility index (Phi) is 6.07. The second-order valence-electron chi connectivity index (χ2n) is 7.23. The third-order valence-electron chi connectivity index (χ3n) is 5.27. The first-order chi connectivity index (χ1) is 12.1. The fourth-order valence-electron chi connectivity index (χ4n) is 3.68. The van der Waals surface area contributed by atoms with Crippen molar-refractivity contribution in [1.82, 2.24) is 20.0 Å². The lowest BCUT2D eigenvalue weighted by Gasteiger charge is -2.18. The molecule has 0 aromatic carbocycles. The smallest absolute Gasteiger partial charge is 0.268 e. The molecule has 138 valence electrons. The van der Waals surface area contributed by atoms with Crippen LogP contribution in [0.2, 0.25) is 0 Å². The third kappa shape index (κ3) is 5.04. The molecule has 0 radical (unpaired) electrons. The third-order valence-corrected chi connectivity index (χ3v) is 5.27. The summed E-state index contributed by atoms with van der Waals surface area (Å²) in [5.74, 6) is 0.597. The molecule has 25 heavy (non-hydrogen) atoms. The summed E-state index contributed by atoms with van der Waals surface area (Å²) in [5, 5.41) is 7.15. The van der Waals surface area contributed by atoms with E-state index in [-0.39, 0.29) is 11.5 Å². The number of anilines is 1. The molecule has 3 rings (SSSR count). The minimum absolute atomic E-state index is 0.0905. The number of likely N-dealkylation sites (tertiary alicyclic amines) is 1. The van der Waals surface area contributed by atoms with E-state index in [4.69, 9.17) is 0 Å². The molecule has 0 spiro atoms. The lowest BCUT2D eigenvalue weighted by Crippen LogP contribution is -2.32. The first kappa shape index (κ1) is 17.9.